The Labute approximate surface area is 159 Å². The van der Waals surface area contributed by atoms with E-state index in [4.69, 9.17) is 0 Å². The molecule has 8 heteroatoms. The van der Waals surface area contributed by atoms with Crippen LogP contribution in [0.2, 0.25) is 0 Å². The van der Waals surface area contributed by atoms with Gasteiger partial charge in [0.05, 0.1) is 17.8 Å². The summed E-state index contributed by atoms with van der Waals surface area (Å²) in [5.41, 5.74) is 2.66. The lowest BCUT2D eigenvalue weighted by atomic mass is 9.67. The van der Waals surface area contributed by atoms with Crippen molar-refractivity contribution in [2.45, 2.75) is 37.4 Å². The molecule has 3 aliphatic rings. The number of nitrogens with zero attached hydrogens (tertiary/aromatic N) is 3. The zero-order valence-corrected chi connectivity index (χ0v) is 15.3. The number of anilines is 1. The van der Waals surface area contributed by atoms with Crippen LogP contribution in [0.1, 0.15) is 48.0 Å². The van der Waals surface area contributed by atoms with Crippen molar-refractivity contribution in [3.63, 3.8) is 0 Å². The van der Waals surface area contributed by atoms with Crippen LogP contribution in [0.25, 0.3) is 10.9 Å². The number of H-pyrrole nitrogens is 1. The summed E-state index contributed by atoms with van der Waals surface area (Å²) in [6.45, 7) is 0. The van der Waals surface area contributed by atoms with Gasteiger partial charge in [-0.2, -0.15) is 23.4 Å². The van der Waals surface area contributed by atoms with Gasteiger partial charge in [-0.15, -0.1) is 0 Å². The first-order valence-corrected chi connectivity index (χ1v) is 9.75. The number of nitrogens with one attached hydrogen (secondary N) is 2. The van der Waals surface area contributed by atoms with Gasteiger partial charge in [0.25, 0.3) is 0 Å². The van der Waals surface area contributed by atoms with Crippen molar-refractivity contribution in [2.75, 3.05) is 5.32 Å². The average molecular weight is 387 g/mol. The molecule has 1 aromatic carbocycles. The van der Waals surface area contributed by atoms with Crippen molar-refractivity contribution in [3.8, 4) is 0 Å². The molecule has 2 saturated carbocycles. The molecule has 2 fully saturated rings. The minimum absolute atomic E-state index is 0.150. The third-order valence-corrected chi connectivity index (χ3v) is 7.14. The molecule has 0 spiro atoms. The number of aryl methyl sites for hydroxylation is 1. The van der Waals surface area contributed by atoms with Gasteiger partial charge < -0.3 is 5.32 Å². The first-order valence-electron chi connectivity index (χ1n) is 9.75. The van der Waals surface area contributed by atoms with E-state index >= 15 is 0 Å². The fourth-order valence-corrected chi connectivity index (χ4v) is 6.27. The molecule has 0 saturated heterocycles. The van der Waals surface area contributed by atoms with E-state index in [1.807, 2.05) is 18.3 Å². The Bertz CT molecular complexity index is 1080. The summed E-state index contributed by atoms with van der Waals surface area (Å²) < 4.78 is 42.4. The molecular weight excluding hydrogens is 367 g/mol. The third-order valence-electron chi connectivity index (χ3n) is 7.14. The Morgan fingerprint density at radius 3 is 2.82 bits per heavy atom. The van der Waals surface area contributed by atoms with E-state index in [1.54, 1.807) is 13.2 Å². The van der Waals surface area contributed by atoms with Gasteiger partial charge in [-0.3, -0.25) is 9.78 Å². The molecule has 2 aromatic heterocycles. The molecule has 1 aliphatic heterocycles. The molecule has 5 atom stereocenters. The minimum Gasteiger partial charge on any atom is -0.378 e. The maximum absolute atomic E-state index is 13.7. The number of aromatic amines is 1. The second kappa shape index (κ2) is 5.30. The largest absolute Gasteiger partial charge is 0.435 e. The minimum atomic E-state index is -4.46. The number of hydrogen-bond donors (Lipinski definition) is 2. The highest BCUT2D eigenvalue weighted by atomic mass is 19.4. The van der Waals surface area contributed by atoms with E-state index in [-0.39, 0.29) is 23.4 Å². The molecule has 28 heavy (non-hydrogen) atoms. The highest BCUT2D eigenvalue weighted by Crippen LogP contribution is 2.64. The Kier molecular flexibility index (Phi) is 3.11. The lowest BCUT2D eigenvalue weighted by Gasteiger charge is -2.43. The number of fused-ring (bicyclic) bond motifs is 9. The SMILES string of the molecule is Cn1cc(C2Nc3ccc4[nH]ncc4c3C3C4CCC(C4)C23)c(C(F)(F)F)n1. The summed E-state index contributed by atoms with van der Waals surface area (Å²) in [7, 11) is 1.56. The molecule has 5 unspecified atom stereocenters. The van der Waals surface area contributed by atoms with Crippen LogP contribution in [-0.2, 0) is 13.2 Å². The highest BCUT2D eigenvalue weighted by molar-refractivity contribution is 5.88. The maximum atomic E-state index is 13.7. The number of alkyl halides is 3. The Balaban J connectivity index is 1.56. The van der Waals surface area contributed by atoms with Crippen LogP contribution in [0, 0.1) is 17.8 Å². The number of benzene rings is 1. The lowest BCUT2D eigenvalue weighted by molar-refractivity contribution is -0.142. The number of rotatable bonds is 1. The standard InChI is InChI=1S/C20H20F3N5/c1-28-8-12(19(27-28)20(21,22)23)18-16-10-3-2-9(6-10)15(16)17-11-7-24-26-13(11)4-5-14(17)25-18/h4-5,7-10,15-16,18,25H,2-3,6H2,1H3,(H,24,26). The summed E-state index contributed by atoms with van der Waals surface area (Å²) >= 11 is 0. The van der Waals surface area contributed by atoms with Crippen molar-refractivity contribution >= 4 is 16.6 Å². The number of hydrogen-bond acceptors (Lipinski definition) is 3. The first kappa shape index (κ1) is 16.4. The van der Waals surface area contributed by atoms with E-state index in [0.29, 0.717) is 11.8 Å². The van der Waals surface area contributed by atoms with Crippen LogP contribution < -0.4 is 5.32 Å². The Morgan fingerprint density at radius 1 is 1.18 bits per heavy atom. The molecule has 3 aromatic rings. The second-order valence-electron chi connectivity index (χ2n) is 8.52. The molecule has 2 aliphatic carbocycles. The molecule has 5 nitrogen and oxygen atoms in total. The Morgan fingerprint density at radius 2 is 2.00 bits per heavy atom. The van der Waals surface area contributed by atoms with E-state index in [1.165, 1.54) is 10.2 Å². The van der Waals surface area contributed by atoms with Gasteiger partial charge in [0.1, 0.15) is 0 Å². The van der Waals surface area contributed by atoms with Crippen LogP contribution >= 0.6 is 0 Å². The fraction of sp³-hybridized carbons (Fsp3) is 0.500. The molecule has 0 radical (unpaired) electrons. The topological polar surface area (TPSA) is 58.5 Å². The molecule has 2 bridgehead atoms. The van der Waals surface area contributed by atoms with Crippen LogP contribution in [0.4, 0.5) is 18.9 Å². The van der Waals surface area contributed by atoms with Gasteiger partial charge in [-0.25, -0.2) is 0 Å². The van der Waals surface area contributed by atoms with Crippen LogP contribution in [-0.4, -0.2) is 20.0 Å². The molecule has 2 N–H and O–H groups in total. The molecule has 0 amide bonds. The predicted molar refractivity (Wildman–Crippen MR) is 97.7 cm³/mol. The summed E-state index contributed by atoms with van der Waals surface area (Å²) in [5, 5.41) is 15.6. The molecule has 3 heterocycles. The van der Waals surface area contributed by atoms with E-state index in [9.17, 15) is 13.2 Å². The quantitative estimate of drug-likeness (QED) is 0.641. The second-order valence-corrected chi connectivity index (χ2v) is 8.52. The summed E-state index contributed by atoms with van der Waals surface area (Å²) in [5.74, 6) is 1.40. The maximum Gasteiger partial charge on any atom is 0.435 e. The van der Waals surface area contributed by atoms with Gasteiger partial charge in [0.15, 0.2) is 5.69 Å². The number of halogens is 3. The van der Waals surface area contributed by atoms with Gasteiger partial charge in [-0.05, 0) is 60.6 Å². The fourth-order valence-electron chi connectivity index (χ4n) is 6.27. The summed E-state index contributed by atoms with van der Waals surface area (Å²) in [4.78, 5) is 0. The van der Waals surface area contributed by atoms with E-state index in [2.05, 4.69) is 20.6 Å². The molecule has 146 valence electrons. The predicted octanol–water partition coefficient (Wildman–Crippen LogP) is 4.61. The zero-order chi connectivity index (χ0) is 19.2. The Hall–Kier alpha value is -2.51. The smallest absolute Gasteiger partial charge is 0.378 e. The van der Waals surface area contributed by atoms with Crippen molar-refractivity contribution in [2.24, 2.45) is 24.8 Å². The van der Waals surface area contributed by atoms with Crippen molar-refractivity contribution < 1.29 is 13.2 Å². The van der Waals surface area contributed by atoms with Crippen molar-refractivity contribution in [1.82, 2.24) is 20.0 Å². The van der Waals surface area contributed by atoms with Crippen LogP contribution in [0.3, 0.4) is 0 Å². The normalized spacial score (nSPS) is 31.1. The first-order chi connectivity index (χ1) is 13.4. The van der Waals surface area contributed by atoms with Crippen molar-refractivity contribution in [3.05, 3.63) is 41.3 Å². The van der Waals surface area contributed by atoms with Gasteiger partial charge in [-0.1, -0.05) is 0 Å². The van der Waals surface area contributed by atoms with Crippen LogP contribution in [0.5, 0.6) is 0 Å². The molecule has 6 rings (SSSR count). The monoisotopic (exact) mass is 387 g/mol. The highest BCUT2D eigenvalue weighted by Gasteiger charge is 2.55. The van der Waals surface area contributed by atoms with Gasteiger partial charge in [0.2, 0.25) is 0 Å². The van der Waals surface area contributed by atoms with Gasteiger partial charge in [0, 0.05) is 29.9 Å². The zero-order valence-electron chi connectivity index (χ0n) is 15.3. The third kappa shape index (κ3) is 2.08. The van der Waals surface area contributed by atoms with Crippen molar-refractivity contribution in [1.29, 1.82) is 0 Å². The summed E-state index contributed by atoms with van der Waals surface area (Å²) in [6.07, 6.45) is 2.30. The lowest BCUT2D eigenvalue weighted by Crippen LogP contribution is -2.36. The van der Waals surface area contributed by atoms with E-state index in [0.717, 1.165) is 35.9 Å². The summed E-state index contributed by atoms with van der Waals surface area (Å²) in [6, 6.07) is 3.56. The van der Waals surface area contributed by atoms with Crippen LogP contribution in [0.15, 0.2) is 24.5 Å². The molecular formula is C20H20F3N5. The average Bonchev–Trinajstić information content (AvgIpc) is 3.42. The number of aromatic nitrogens is 4. The van der Waals surface area contributed by atoms with E-state index < -0.39 is 11.9 Å². The van der Waals surface area contributed by atoms with Gasteiger partial charge >= 0.3 is 6.18 Å².